The van der Waals surface area contributed by atoms with Gasteiger partial charge in [-0.3, -0.25) is 4.99 Å². The summed E-state index contributed by atoms with van der Waals surface area (Å²) in [4.78, 5) is 13.3. The summed E-state index contributed by atoms with van der Waals surface area (Å²) >= 11 is 0. The van der Waals surface area contributed by atoms with Crippen molar-refractivity contribution in [1.82, 2.24) is 15.2 Å². The van der Waals surface area contributed by atoms with Crippen LogP contribution in [0.5, 0.6) is 0 Å². The molecule has 5 nitrogen and oxygen atoms in total. The molecule has 1 aliphatic heterocycles. The fourth-order valence-electron chi connectivity index (χ4n) is 3.62. The van der Waals surface area contributed by atoms with Crippen LogP contribution in [0, 0.1) is 5.92 Å². The van der Waals surface area contributed by atoms with Gasteiger partial charge in [0.2, 0.25) is 0 Å². The second-order valence-electron chi connectivity index (χ2n) is 7.44. The summed E-state index contributed by atoms with van der Waals surface area (Å²) in [7, 11) is 5.90. The van der Waals surface area contributed by atoms with Gasteiger partial charge in [0.25, 0.3) is 0 Å². The predicted octanol–water partition coefficient (Wildman–Crippen LogP) is 3.18. The summed E-state index contributed by atoms with van der Waals surface area (Å²) in [5, 5.41) is 3.52. The first kappa shape index (κ1) is 19.2. The van der Waals surface area contributed by atoms with E-state index in [1.807, 2.05) is 32.2 Å². The van der Waals surface area contributed by atoms with Gasteiger partial charge in [-0.15, -0.1) is 0 Å². The Kier molecular flexibility index (Phi) is 6.69. The fraction of sp³-hybridized carbons (Fsp3) is 0.455. The number of hydrogen-bond donors (Lipinski definition) is 1. The normalized spacial score (nSPS) is 15.7. The summed E-state index contributed by atoms with van der Waals surface area (Å²) < 4.78 is 0. The topological polar surface area (TPSA) is 43.8 Å². The molecule has 0 saturated carbocycles. The standard InChI is InChI=1S/C22H31N5/c1-23-22(25-17-20-9-12-24-21(16-20)26(2)3)27-13-10-19(11-14-27)15-18-7-5-4-6-8-18/h4-9,12,16,19H,10-11,13-15,17H2,1-3H3,(H,23,25). The molecule has 2 aromatic rings. The maximum absolute atomic E-state index is 4.50. The maximum atomic E-state index is 4.50. The number of benzene rings is 1. The average molecular weight is 366 g/mol. The number of nitrogens with zero attached hydrogens (tertiary/aromatic N) is 4. The molecule has 0 bridgehead atoms. The van der Waals surface area contributed by atoms with Crippen LogP contribution in [-0.4, -0.2) is 50.1 Å². The van der Waals surface area contributed by atoms with Crippen LogP contribution in [0.4, 0.5) is 5.82 Å². The van der Waals surface area contributed by atoms with Gasteiger partial charge < -0.3 is 15.1 Å². The number of nitrogens with one attached hydrogen (secondary N) is 1. The first-order valence-electron chi connectivity index (χ1n) is 9.77. The van der Waals surface area contributed by atoms with E-state index in [0.717, 1.165) is 37.3 Å². The van der Waals surface area contributed by atoms with Crippen LogP contribution >= 0.6 is 0 Å². The Labute approximate surface area is 163 Å². The summed E-state index contributed by atoms with van der Waals surface area (Å²) in [6, 6.07) is 15.0. The van der Waals surface area contributed by atoms with E-state index in [1.165, 1.54) is 30.4 Å². The second-order valence-corrected chi connectivity index (χ2v) is 7.44. The van der Waals surface area contributed by atoms with E-state index in [1.54, 1.807) is 0 Å². The minimum Gasteiger partial charge on any atom is -0.363 e. The molecule has 0 spiro atoms. The average Bonchev–Trinajstić information content (AvgIpc) is 2.70. The van der Waals surface area contributed by atoms with Crippen molar-refractivity contribution in [3.05, 3.63) is 59.8 Å². The number of hydrogen-bond acceptors (Lipinski definition) is 3. The molecule has 27 heavy (non-hydrogen) atoms. The monoisotopic (exact) mass is 365 g/mol. The van der Waals surface area contributed by atoms with Crippen molar-refractivity contribution in [3.8, 4) is 0 Å². The van der Waals surface area contributed by atoms with Crippen molar-refractivity contribution < 1.29 is 0 Å². The van der Waals surface area contributed by atoms with Crippen LogP contribution in [0.1, 0.15) is 24.0 Å². The zero-order valence-electron chi connectivity index (χ0n) is 16.7. The van der Waals surface area contributed by atoms with E-state index in [2.05, 4.69) is 62.7 Å². The molecule has 1 aromatic heterocycles. The van der Waals surface area contributed by atoms with Gasteiger partial charge in [0, 0.05) is 47.0 Å². The van der Waals surface area contributed by atoms with E-state index in [0.29, 0.717) is 0 Å². The van der Waals surface area contributed by atoms with Gasteiger partial charge in [0.15, 0.2) is 5.96 Å². The molecule has 0 radical (unpaired) electrons. The lowest BCUT2D eigenvalue weighted by atomic mass is 9.90. The minimum atomic E-state index is 0.764. The molecule has 1 aliphatic rings. The number of rotatable bonds is 5. The molecule has 0 atom stereocenters. The Bertz CT molecular complexity index is 733. The molecule has 0 aliphatic carbocycles. The third-order valence-corrected chi connectivity index (χ3v) is 5.21. The highest BCUT2D eigenvalue weighted by molar-refractivity contribution is 5.80. The molecule has 0 amide bonds. The van der Waals surface area contributed by atoms with Crippen LogP contribution in [0.15, 0.2) is 53.7 Å². The summed E-state index contributed by atoms with van der Waals surface area (Å²) in [6.07, 6.45) is 5.49. The zero-order chi connectivity index (χ0) is 19.1. The lowest BCUT2D eigenvalue weighted by Crippen LogP contribution is -2.45. The minimum absolute atomic E-state index is 0.764. The molecular formula is C22H31N5. The molecule has 1 aromatic carbocycles. The van der Waals surface area contributed by atoms with E-state index in [-0.39, 0.29) is 0 Å². The van der Waals surface area contributed by atoms with Gasteiger partial charge in [0.1, 0.15) is 5.82 Å². The Morgan fingerprint density at radius 2 is 1.89 bits per heavy atom. The highest BCUT2D eigenvalue weighted by Crippen LogP contribution is 2.21. The lowest BCUT2D eigenvalue weighted by Gasteiger charge is -2.34. The zero-order valence-corrected chi connectivity index (χ0v) is 16.7. The van der Waals surface area contributed by atoms with Crippen molar-refractivity contribution in [2.24, 2.45) is 10.9 Å². The second kappa shape index (κ2) is 9.40. The molecule has 0 unspecified atom stereocenters. The summed E-state index contributed by atoms with van der Waals surface area (Å²) in [6.45, 7) is 2.90. The Morgan fingerprint density at radius 3 is 2.56 bits per heavy atom. The molecule has 1 saturated heterocycles. The number of anilines is 1. The Morgan fingerprint density at radius 1 is 1.15 bits per heavy atom. The molecule has 2 heterocycles. The van der Waals surface area contributed by atoms with Gasteiger partial charge in [-0.25, -0.2) is 4.98 Å². The number of aliphatic imine (C=N–C) groups is 1. The van der Waals surface area contributed by atoms with Crippen LogP contribution in [-0.2, 0) is 13.0 Å². The quantitative estimate of drug-likeness (QED) is 0.653. The third-order valence-electron chi connectivity index (χ3n) is 5.21. The van der Waals surface area contributed by atoms with Crippen LogP contribution in [0.25, 0.3) is 0 Å². The molecule has 3 rings (SSSR count). The van der Waals surface area contributed by atoms with Crippen LogP contribution in [0.2, 0.25) is 0 Å². The molecular weight excluding hydrogens is 334 g/mol. The predicted molar refractivity (Wildman–Crippen MR) is 113 cm³/mol. The lowest BCUT2D eigenvalue weighted by molar-refractivity contribution is 0.259. The van der Waals surface area contributed by atoms with Gasteiger partial charge >= 0.3 is 0 Å². The number of likely N-dealkylation sites (tertiary alicyclic amines) is 1. The van der Waals surface area contributed by atoms with Crippen molar-refractivity contribution >= 4 is 11.8 Å². The van der Waals surface area contributed by atoms with Crippen LogP contribution < -0.4 is 10.2 Å². The number of piperidine rings is 1. The van der Waals surface area contributed by atoms with Gasteiger partial charge in [0.05, 0.1) is 0 Å². The largest absolute Gasteiger partial charge is 0.363 e. The number of pyridine rings is 1. The van der Waals surface area contributed by atoms with E-state index in [9.17, 15) is 0 Å². The van der Waals surface area contributed by atoms with Crippen molar-refractivity contribution in [2.45, 2.75) is 25.8 Å². The molecule has 144 valence electrons. The molecule has 1 fully saturated rings. The van der Waals surface area contributed by atoms with Gasteiger partial charge in [-0.05, 0) is 48.4 Å². The van der Waals surface area contributed by atoms with E-state index >= 15 is 0 Å². The van der Waals surface area contributed by atoms with Gasteiger partial charge in [-0.2, -0.15) is 0 Å². The number of guanidine groups is 1. The van der Waals surface area contributed by atoms with Crippen molar-refractivity contribution in [2.75, 3.05) is 39.1 Å². The molecule has 5 heteroatoms. The highest BCUT2D eigenvalue weighted by atomic mass is 15.3. The summed E-state index contributed by atoms with van der Waals surface area (Å²) in [5.74, 6) is 2.74. The summed E-state index contributed by atoms with van der Waals surface area (Å²) in [5.41, 5.74) is 2.67. The van der Waals surface area contributed by atoms with E-state index in [4.69, 9.17) is 0 Å². The Hall–Kier alpha value is -2.56. The van der Waals surface area contributed by atoms with Crippen molar-refractivity contribution in [3.63, 3.8) is 0 Å². The third kappa shape index (κ3) is 5.46. The first-order valence-corrected chi connectivity index (χ1v) is 9.77. The highest BCUT2D eigenvalue weighted by Gasteiger charge is 2.21. The maximum Gasteiger partial charge on any atom is 0.193 e. The SMILES string of the molecule is CN=C(NCc1ccnc(N(C)C)c1)N1CCC(Cc2ccccc2)CC1. The van der Waals surface area contributed by atoms with Crippen molar-refractivity contribution in [1.29, 1.82) is 0 Å². The van der Waals surface area contributed by atoms with Crippen LogP contribution in [0.3, 0.4) is 0 Å². The smallest absolute Gasteiger partial charge is 0.193 e. The first-order chi connectivity index (χ1) is 13.2. The fourth-order valence-corrected chi connectivity index (χ4v) is 3.62. The van der Waals surface area contributed by atoms with E-state index < -0.39 is 0 Å². The number of aromatic nitrogens is 1. The molecule has 1 N–H and O–H groups in total. The Balaban J connectivity index is 1.50. The van der Waals surface area contributed by atoms with Gasteiger partial charge in [-0.1, -0.05) is 30.3 Å².